The zero-order valence-electron chi connectivity index (χ0n) is 8.34. The van der Waals surface area contributed by atoms with E-state index in [9.17, 15) is 4.79 Å². The van der Waals surface area contributed by atoms with Crippen LogP contribution in [0.2, 0.25) is 0 Å². The lowest BCUT2D eigenvalue weighted by Crippen LogP contribution is -2.22. The van der Waals surface area contributed by atoms with Gasteiger partial charge in [0.15, 0.2) is 0 Å². The smallest absolute Gasteiger partial charge is 0.415 e. The van der Waals surface area contributed by atoms with Crippen molar-refractivity contribution in [3.8, 4) is 0 Å². The molecule has 15 heavy (non-hydrogen) atoms. The molecule has 1 aliphatic carbocycles. The highest BCUT2D eigenvalue weighted by Crippen LogP contribution is 2.30. The minimum Gasteiger partial charge on any atom is -0.464 e. The lowest BCUT2D eigenvalue weighted by Gasteiger charge is -2.13. The van der Waals surface area contributed by atoms with E-state index in [1.54, 1.807) is 18.3 Å². The van der Waals surface area contributed by atoms with Gasteiger partial charge in [-0.2, -0.15) is 0 Å². The number of benzene rings is 1. The average molecular weight is 203 g/mol. The van der Waals surface area contributed by atoms with Gasteiger partial charge < -0.3 is 5.11 Å². The summed E-state index contributed by atoms with van der Waals surface area (Å²) in [5.41, 5.74) is 0.682. The average Bonchev–Trinajstić information content (AvgIpc) is 3.03. The van der Waals surface area contributed by atoms with Gasteiger partial charge in [0.25, 0.3) is 0 Å². The standard InChI is InChI=1S/C12H13NO2/c14-12(15)13(9-8-10-6-7-10)11-4-2-1-3-5-11/h1-5,8-10H,6-7H2,(H,14,15). The first kappa shape index (κ1) is 9.77. The quantitative estimate of drug-likeness (QED) is 0.820. The molecular formula is C12H13NO2. The molecule has 1 aliphatic rings. The fourth-order valence-electron chi connectivity index (χ4n) is 1.35. The van der Waals surface area contributed by atoms with E-state index in [0.717, 1.165) is 0 Å². The fourth-order valence-corrected chi connectivity index (χ4v) is 1.35. The van der Waals surface area contributed by atoms with Crippen molar-refractivity contribution in [3.63, 3.8) is 0 Å². The summed E-state index contributed by atoms with van der Waals surface area (Å²) in [4.78, 5) is 12.3. The lowest BCUT2D eigenvalue weighted by atomic mass is 10.3. The van der Waals surface area contributed by atoms with Crippen molar-refractivity contribution in [1.29, 1.82) is 0 Å². The molecule has 3 nitrogen and oxygen atoms in total. The third-order valence-corrected chi connectivity index (χ3v) is 2.37. The second-order valence-electron chi connectivity index (χ2n) is 3.67. The van der Waals surface area contributed by atoms with E-state index >= 15 is 0 Å². The van der Waals surface area contributed by atoms with Crippen molar-refractivity contribution in [1.82, 2.24) is 0 Å². The first-order valence-corrected chi connectivity index (χ1v) is 5.03. The zero-order chi connectivity index (χ0) is 10.7. The van der Waals surface area contributed by atoms with Crippen molar-refractivity contribution in [2.75, 3.05) is 4.90 Å². The largest absolute Gasteiger partial charge is 0.464 e. The van der Waals surface area contributed by atoms with Crippen LogP contribution in [0.5, 0.6) is 0 Å². The third kappa shape index (κ3) is 2.59. The molecule has 0 radical (unpaired) electrons. The molecule has 0 heterocycles. The lowest BCUT2D eigenvalue weighted by molar-refractivity contribution is 0.204. The van der Waals surface area contributed by atoms with Crippen molar-refractivity contribution in [3.05, 3.63) is 42.6 Å². The molecule has 1 N–H and O–H groups in total. The molecule has 3 heteroatoms. The number of amides is 1. The molecule has 1 saturated carbocycles. The van der Waals surface area contributed by atoms with E-state index in [2.05, 4.69) is 0 Å². The van der Waals surface area contributed by atoms with Crippen LogP contribution in [0.15, 0.2) is 42.6 Å². The number of rotatable bonds is 3. The van der Waals surface area contributed by atoms with Gasteiger partial charge in [-0.15, -0.1) is 0 Å². The van der Waals surface area contributed by atoms with Crippen molar-refractivity contribution < 1.29 is 9.90 Å². The summed E-state index contributed by atoms with van der Waals surface area (Å²) in [5, 5.41) is 9.03. The molecule has 0 atom stereocenters. The maximum Gasteiger partial charge on any atom is 0.415 e. The predicted molar refractivity (Wildman–Crippen MR) is 58.8 cm³/mol. The highest BCUT2D eigenvalue weighted by atomic mass is 16.4. The summed E-state index contributed by atoms with van der Waals surface area (Å²) in [6.45, 7) is 0. The Kier molecular flexibility index (Phi) is 2.72. The second kappa shape index (κ2) is 4.17. The number of para-hydroxylation sites is 1. The molecule has 1 aromatic rings. The fraction of sp³-hybridized carbons (Fsp3) is 0.250. The summed E-state index contributed by atoms with van der Waals surface area (Å²) < 4.78 is 0. The highest BCUT2D eigenvalue weighted by molar-refractivity contribution is 5.87. The van der Waals surface area contributed by atoms with E-state index in [0.29, 0.717) is 11.6 Å². The third-order valence-electron chi connectivity index (χ3n) is 2.37. The van der Waals surface area contributed by atoms with Crippen LogP contribution >= 0.6 is 0 Å². The van der Waals surface area contributed by atoms with E-state index in [1.807, 2.05) is 24.3 Å². The van der Waals surface area contributed by atoms with Gasteiger partial charge in [0.2, 0.25) is 0 Å². The van der Waals surface area contributed by atoms with Crippen LogP contribution in [0, 0.1) is 5.92 Å². The van der Waals surface area contributed by atoms with Crippen LogP contribution < -0.4 is 4.90 Å². The van der Waals surface area contributed by atoms with Crippen molar-refractivity contribution in [2.24, 2.45) is 5.92 Å². The molecule has 0 aromatic heterocycles. The molecule has 1 aromatic carbocycles. The number of nitrogens with zero attached hydrogens (tertiary/aromatic N) is 1. The van der Waals surface area contributed by atoms with E-state index < -0.39 is 6.09 Å². The van der Waals surface area contributed by atoms with Crippen LogP contribution in [0.1, 0.15) is 12.8 Å². The Labute approximate surface area is 88.6 Å². The predicted octanol–water partition coefficient (Wildman–Crippen LogP) is 3.09. The van der Waals surface area contributed by atoms with Crippen LogP contribution in [0.3, 0.4) is 0 Å². The van der Waals surface area contributed by atoms with Gasteiger partial charge in [0, 0.05) is 6.20 Å². The molecular weight excluding hydrogens is 190 g/mol. The molecule has 2 rings (SSSR count). The Morgan fingerprint density at radius 2 is 2.00 bits per heavy atom. The number of carbonyl (C=O) groups is 1. The number of allylic oxidation sites excluding steroid dienone is 1. The summed E-state index contributed by atoms with van der Waals surface area (Å²) >= 11 is 0. The number of hydrogen-bond acceptors (Lipinski definition) is 1. The summed E-state index contributed by atoms with van der Waals surface area (Å²) in [6, 6.07) is 9.09. The minimum atomic E-state index is -0.946. The minimum absolute atomic E-state index is 0.579. The number of carboxylic acid groups (broad SMARTS) is 1. The zero-order valence-corrected chi connectivity index (χ0v) is 8.34. The Morgan fingerprint density at radius 3 is 2.53 bits per heavy atom. The summed E-state index contributed by atoms with van der Waals surface area (Å²) in [7, 11) is 0. The van der Waals surface area contributed by atoms with E-state index in [4.69, 9.17) is 5.11 Å². The maximum absolute atomic E-state index is 11.0. The van der Waals surface area contributed by atoms with E-state index in [-0.39, 0.29) is 0 Å². The molecule has 0 aliphatic heterocycles. The number of hydrogen-bond donors (Lipinski definition) is 1. The van der Waals surface area contributed by atoms with Gasteiger partial charge in [0.1, 0.15) is 0 Å². The van der Waals surface area contributed by atoms with Gasteiger partial charge in [-0.05, 0) is 30.9 Å². The van der Waals surface area contributed by atoms with Crippen LogP contribution in [-0.4, -0.2) is 11.2 Å². The molecule has 0 saturated heterocycles. The van der Waals surface area contributed by atoms with Gasteiger partial charge in [-0.1, -0.05) is 24.3 Å². The van der Waals surface area contributed by atoms with Crippen LogP contribution in [0.25, 0.3) is 0 Å². The Bertz CT molecular complexity index is 368. The first-order valence-electron chi connectivity index (χ1n) is 5.03. The molecule has 0 spiro atoms. The second-order valence-corrected chi connectivity index (χ2v) is 3.67. The molecule has 0 bridgehead atoms. The number of anilines is 1. The molecule has 0 unspecified atom stereocenters. The summed E-state index contributed by atoms with van der Waals surface area (Å²) in [5.74, 6) is 0.579. The first-order chi connectivity index (χ1) is 7.27. The summed E-state index contributed by atoms with van der Waals surface area (Å²) in [6.07, 6.45) is 5.02. The van der Waals surface area contributed by atoms with Crippen molar-refractivity contribution in [2.45, 2.75) is 12.8 Å². The van der Waals surface area contributed by atoms with E-state index in [1.165, 1.54) is 17.7 Å². The van der Waals surface area contributed by atoms with Crippen LogP contribution in [-0.2, 0) is 0 Å². The molecule has 1 amide bonds. The van der Waals surface area contributed by atoms with Crippen molar-refractivity contribution >= 4 is 11.8 Å². The molecule has 78 valence electrons. The topological polar surface area (TPSA) is 40.5 Å². The van der Waals surface area contributed by atoms with Gasteiger partial charge >= 0.3 is 6.09 Å². The molecule has 1 fully saturated rings. The Hall–Kier alpha value is -1.77. The van der Waals surface area contributed by atoms with Crippen LogP contribution in [0.4, 0.5) is 10.5 Å². The van der Waals surface area contributed by atoms with Gasteiger partial charge in [-0.25, -0.2) is 4.79 Å². The Morgan fingerprint density at radius 1 is 1.33 bits per heavy atom. The van der Waals surface area contributed by atoms with Gasteiger partial charge in [0.05, 0.1) is 5.69 Å². The van der Waals surface area contributed by atoms with Gasteiger partial charge in [-0.3, -0.25) is 4.90 Å². The SMILES string of the molecule is O=C(O)N(C=CC1CC1)c1ccccc1. The maximum atomic E-state index is 11.0. The monoisotopic (exact) mass is 203 g/mol. The normalized spacial score (nSPS) is 15.5. The Balaban J connectivity index is 2.15. The highest BCUT2D eigenvalue weighted by Gasteiger charge is 2.19.